The van der Waals surface area contributed by atoms with Crippen LogP contribution in [0.4, 0.5) is 0 Å². The molecule has 0 fully saturated rings. The van der Waals surface area contributed by atoms with Crippen LogP contribution >= 0.6 is 0 Å². The fraction of sp³-hybridized carbons (Fsp3) is 0.500. The van der Waals surface area contributed by atoms with Crippen molar-refractivity contribution < 1.29 is 15.0 Å². The molecule has 1 atom stereocenters. The zero-order chi connectivity index (χ0) is 13.4. The molecular weight excluding hydrogens is 230 g/mol. The first-order valence-corrected chi connectivity index (χ1v) is 6.23. The van der Waals surface area contributed by atoms with E-state index in [0.29, 0.717) is 6.42 Å². The molecule has 0 saturated heterocycles. The van der Waals surface area contributed by atoms with Crippen molar-refractivity contribution in [2.24, 2.45) is 0 Å². The lowest BCUT2D eigenvalue weighted by Crippen LogP contribution is -2.33. The molecule has 4 nitrogen and oxygen atoms in total. The summed E-state index contributed by atoms with van der Waals surface area (Å²) in [6.45, 7) is 1.83. The lowest BCUT2D eigenvalue weighted by Gasteiger charge is -2.08. The Morgan fingerprint density at radius 1 is 1.33 bits per heavy atom. The van der Waals surface area contributed by atoms with Crippen LogP contribution in [0.1, 0.15) is 24.0 Å². The van der Waals surface area contributed by atoms with Gasteiger partial charge in [-0.3, -0.25) is 4.79 Å². The van der Waals surface area contributed by atoms with Crippen molar-refractivity contribution in [2.45, 2.75) is 32.3 Å². The summed E-state index contributed by atoms with van der Waals surface area (Å²) in [7, 11) is 0. The van der Waals surface area contributed by atoms with E-state index >= 15 is 0 Å². The standard InChI is InChI=1S/C14H21NO3/c1-11-5-7-12(8-6-11)3-2-4-14(18)15-9-13(17)10-16/h5-8,13,16-17H,2-4,9-10H2,1H3,(H,15,18)/t13-/m0/s1. The number of rotatable bonds is 7. The summed E-state index contributed by atoms with van der Waals surface area (Å²) in [4.78, 5) is 11.4. The number of hydrogen-bond acceptors (Lipinski definition) is 3. The Morgan fingerprint density at radius 2 is 2.00 bits per heavy atom. The van der Waals surface area contributed by atoms with Crippen LogP contribution in [-0.2, 0) is 11.2 Å². The van der Waals surface area contributed by atoms with E-state index < -0.39 is 6.10 Å². The number of aliphatic hydroxyl groups excluding tert-OH is 2. The van der Waals surface area contributed by atoms with Gasteiger partial charge in [-0.15, -0.1) is 0 Å². The van der Waals surface area contributed by atoms with Crippen LogP contribution in [0.5, 0.6) is 0 Å². The van der Waals surface area contributed by atoms with Gasteiger partial charge in [0.1, 0.15) is 0 Å². The van der Waals surface area contributed by atoms with Gasteiger partial charge >= 0.3 is 0 Å². The summed E-state index contributed by atoms with van der Waals surface area (Å²) in [6.07, 6.45) is 1.22. The normalized spacial score (nSPS) is 12.2. The SMILES string of the molecule is Cc1ccc(CCCC(=O)NC[C@H](O)CO)cc1. The third kappa shape index (κ3) is 5.80. The molecule has 18 heavy (non-hydrogen) atoms. The van der Waals surface area contributed by atoms with Gasteiger partial charge in [0.05, 0.1) is 12.7 Å². The Hall–Kier alpha value is -1.39. The van der Waals surface area contributed by atoms with Crippen LogP contribution < -0.4 is 5.32 Å². The van der Waals surface area contributed by atoms with Crippen molar-refractivity contribution >= 4 is 5.91 Å². The van der Waals surface area contributed by atoms with E-state index in [0.717, 1.165) is 12.8 Å². The van der Waals surface area contributed by atoms with E-state index in [2.05, 4.69) is 29.6 Å². The van der Waals surface area contributed by atoms with Gasteiger partial charge in [0, 0.05) is 13.0 Å². The lowest BCUT2D eigenvalue weighted by molar-refractivity contribution is -0.121. The Bertz CT molecular complexity index is 362. The lowest BCUT2D eigenvalue weighted by atomic mass is 10.1. The second-order valence-electron chi connectivity index (χ2n) is 4.48. The highest BCUT2D eigenvalue weighted by atomic mass is 16.3. The number of aliphatic hydroxyl groups is 2. The highest BCUT2D eigenvalue weighted by molar-refractivity contribution is 5.75. The Kier molecular flexibility index (Phi) is 6.39. The van der Waals surface area contributed by atoms with Gasteiger partial charge in [0.15, 0.2) is 0 Å². The molecule has 0 radical (unpaired) electrons. The summed E-state index contributed by atoms with van der Waals surface area (Å²) in [5, 5.41) is 20.2. The van der Waals surface area contributed by atoms with Crippen LogP contribution in [0.25, 0.3) is 0 Å². The van der Waals surface area contributed by atoms with E-state index in [1.165, 1.54) is 11.1 Å². The average molecular weight is 251 g/mol. The first kappa shape index (κ1) is 14.7. The van der Waals surface area contributed by atoms with Gasteiger partial charge < -0.3 is 15.5 Å². The van der Waals surface area contributed by atoms with E-state index in [-0.39, 0.29) is 19.1 Å². The molecule has 0 bridgehead atoms. The predicted octanol–water partition coefficient (Wildman–Crippen LogP) is 0.787. The molecule has 0 aromatic heterocycles. The minimum absolute atomic E-state index is 0.0883. The number of carbonyl (C=O) groups is 1. The zero-order valence-corrected chi connectivity index (χ0v) is 10.7. The van der Waals surface area contributed by atoms with Gasteiger partial charge in [-0.2, -0.15) is 0 Å². The molecule has 0 unspecified atom stereocenters. The topological polar surface area (TPSA) is 69.6 Å². The minimum Gasteiger partial charge on any atom is -0.394 e. The smallest absolute Gasteiger partial charge is 0.220 e. The number of carbonyl (C=O) groups excluding carboxylic acids is 1. The summed E-state index contributed by atoms with van der Waals surface area (Å²) in [5.74, 6) is -0.0883. The van der Waals surface area contributed by atoms with Gasteiger partial charge in [-0.05, 0) is 25.3 Å². The van der Waals surface area contributed by atoms with E-state index in [4.69, 9.17) is 10.2 Å². The molecule has 1 rings (SSSR count). The number of hydrogen-bond donors (Lipinski definition) is 3. The third-order valence-electron chi connectivity index (χ3n) is 2.74. The molecule has 3 N–H and O–H groups in total. The summed E-state index contributed by atoms with van der Waals surface area (Å²) < 4.78 is 0. The molecule has 1 aromatic carbocycles. The molecule has 0 aliphatic rings. The summed E-state index contributed by atoms with van der Waals surface area (Å²) >= 11 is 0. The number of amides is 1. The Balaban J connectivity index is 2.17. The maximum atomic E-state index is 11.4. The molecule has 4 heteroatoms. The van der Waals surface area contributed by atoms with Crippen molar-refractivity contribution in [3.05, 3.63) is 35.4 Å². The van der Waals surface area contributed by atoms with Crippen molar-refractivity contribution in [3.8, 4) is 0 Å². The molecular formula is C14H21NO3. The highest BCUT2D eigenvalue weighted by Crippen LogP contribution is 2.07. The fourth-order valence-corrected chi connectivity index (χ4v) is 1.59. The van der Waals surface area contributed by atoms with Gasteiger partial charge in [0.2, 0.25) is 5.91 Å². The largest absolute Gasteiger partial charge is 0.394 e. The van der Waals surface area contributed by atoms with Crippen molar-refractivity contribution in [2.75, 3.05) is 13.2 Å². The molecule has 1 aromatic rings. The van der Waals surface area contributed by atoms with Gasteiger partial charge in [-0.1, -0.05) is 29.8 Å². The van der Waals surface area contributed by atoms with Crippen LogP contribution in [-0.4, -0.2) is 35.4 Å². The van der Waals surface area contributed by atoms with Crippen LogP contribution in [0.2, 0.25) is 0 Å². The van der Waals surface area contributed by atoms with Crippen LogP contribution in [0.15, 0.2) is 24.3 Å². The monoisotopic (exact) mass is 251 g/mol. The van der Waals surface area contributed by atoms with Crippen LogP contribution in [0.3, 0.4) is 0 Å². The molecule has 1 amide bonds. The average Bonchev–Trinajstić information content (AvgIpc) is 2.38. The maximum absolute atomic E-state index is 11.4. The minimum atomic E-state index is -0.869. The van der Waals surface area contributed by atoms with Crippen molar-refractivity contribution in [1.82, 2.24) is 5.32 Å². The molecule has 0 saturated carbocycles. The first-order chi connectivity index (χ1) is 8.61. The molecule has 0 aliphatic carbocycles. The van der Waals surface area contributed by atoms with Crippen molar-refractivity contribution in [1.29, 1.82) is 0 Å². The van der Waals surface area contributed by atoms with Gasteiger partial charge in [-0.25, -0.2) is 0 Å². The quantitative estimate of drug-likeness (QED) is 0.671. The van der Waals surface area contributed by atoms with E-state index in [1.54, 1.807) is 0 Å². The Labute approximate surface area is 108 Å². The number of benzene rings is 1. The summed E-state index contributed by atoms with van der Waals surface area (Å²) in [6, 6.07) is 8.27. The molecule has 100 valence electrons. The number of nitrogens with one attached hydrogen (secondary N) is 1. The molecule has 0 aliphatic heterocycles. The Morgan fingerprint density at radius 3 is 2.61 bits per heavy atom. The summed E-state index contributed by atoms with van der Waals surface area (Å²) in [5.41, 5.74) is 2.46. The number of aryl methyl sites for hydroxylation is 2. The van der Waals surface area contributed by atoms with Crippen LogP contribution in [0, 0.1) is 6.92 Å². The third-order valence-corrected chi connectivity index (χ3v) is 2.74. The highest BCUT2D eigenvalue weighted by Gasteiger charge is 2.05. The van der Waals surface area contributed by atoms with E-state index in [9.17, 15) is 4.79 Å². The zero-order valence-electron chi connectivity index (χ0n) is 10.7. The fourth-order valence-electron chi connectivity index (χ4n) is 1.59. The molecule has 0 spiro atoms. The second-order valence-corrected chi connectivity index (χ2v) is 4.48. The van der Waals surface area contributed by atoms with Gasteiger partial charge in [0.25, 0.3) is 0 Å². The molecule has 0 heterocycles. The first-order valence-electron chi connectivity index (χ1n) is 6.23. The predicted molar refractivity (Wildman–Crippen MR) is 70.2 cm³/mol. The van der Waals surface area contributed by atoms with E-state index in [1.807, 2.05) is 6.92 Å². The second kappa shape index (κ2) is 7.84. The maximum Gasteiger partial charge on any atom is 0.220 e. The van der Waals surface area contributed by atoms with Crippen molar-refractivity contribution in [3.63, 3.8) is 0 Å².